The molecule has 2 aliphatic rings. The zero-order valence-electron chi connectivity index (χ0n) is 14.2. The summed E-state index contributed by atoms with van der Waals surface area (Å²) in [5.74, 6) is 0.884. The van der Waals surface area contributed by atoms with Crippen molar-refractivity contribution in [1.82, 2.24) is 20.4 Å². The van der Waals surface area contributed by atoms with Crippen LogP contribution >= 0.6 is 0 Å². The van der Waals surface area contributed by atoms with E-state index in [9.17, 15) is 9.90 Å². The number of urea groups is 1. The predicted octanol–water partition coefficient (Wildman–Crippen LogP) is 2.59. The van der Waals surface area contributed by atoms with Gasteiger partial charge >= 0.3 is 6.03 Å². The molecule has 1 aromatic heterocycles. The van der Waals surface area contributed by atoms with Crippen molar-refractivity contribution < 1.29 is 9.90 Å². The molecule has 1 atom stereocenters. The van der Waals surface area contributed by atoms with Crippen molar-refractivity contribution in [3.8, 4) is 5.75 Å². The number of carbonyl (C=O) groups excluding carboxylic acids is 1. The maximum atomic E-state index is 12.8. The van der Waals surface area contributed by atoms with E-state index in [-0.39, 0.29) is 17.8 Å². The van der Waals surface area contributed by atoms with Crippen molar-refractivity contribution in [2.75, 3.05) is 6.54 Å². The monoisotopic (exact) mass is 340 g/mol. The lowest BCUT2D eigenvalue weighted by Gasteiger charge is -2.28. The Balaban J connectivity index is 1.40. The molecule has 6 heteroatoms. The molecule has 1 saturated carbocycles. The number of fused-ring (bicyclic) bond motifs is 1. The summed E-state index contributed by atoms with van der Waals surface area (Å²) in [7, 11) is 0. The largest absolute Gasteiger partial charge is 0.508 e. The van der Waals surface area contributed by atoms with Gasteiger partial charge in [0.25, 0.3) is 0 Å². The fourth-order valence-corrected chi connectivity index (χ4v) is 3.46. The number of nitrogens with zero attached hydrogens (tertiary/aromatic N) is 2. The lowest BCUT2D eigenvalue weighted by Crippen LogP contribution is -2.47. The zero-order valence-corrected chi connectivity index (χ0v) is 14.2. The van der Waals surface area contributed by atoms with Crippen LogP contribution in [0.15, 0.2) is 30.5 Å². The fraction of sp³-hybridized carbons (Fsp3) is 0.474. The van der Waals surface area contributed by atoms with Crippen molar-refractivity contribution in [2.45, 2.75) is 44.7 Å². The van der Waals surface area contributed by atoms with Gasteiger partial charge in [-0.25, -0.2) is 4.79 Å². The SMILES string of the molecule is O=C(N[C@@H]1CCc2[nH]ncc2C1)N(Cc1ccc(O)cc1)CC1CC1. The maximum Gasteiger partial charge on any atom is 0.317 e. The molecular weight excluding hydrogens is 316 g/mol. The van der Waals surface area contributed by atoms with E-state index in [0.717, 1.165) is 31.4 Å². The van der Waals surface area contributed by atoms with Crippen molar-refractivity contribution in [3.05, 3.63) is 47.3 Å². The Morgan fingerprint density at radius 2 is 2.08 bits per heavy atom. The number of rotatable bonds is 5. The lowest BCUT2D eigenvalue weighted by molar-refractivity contribution is 0.187. The third kappa shape index (κ3) is 3.95. The molecule has 0 aliphatic heterocycles. The van der Waals surface area contributed by atoms with Crippen LogP contribution < -0.4 is 5.32 Å². The zero-order chi connectivity index (χ0) is 17.2. The minimum Gasteiger partial charge on any atom is -0.508 e. The first-order valence-corrected chi connectivity index (χ1v) is 9.02. The van der Waals surface area contributed by atoms with Crippen LogP contribution in [0.5, 0.6) is 5.75 Å². The van der Waals surface area contributed by atoms with Crippen LogP contribution in [-0.4, -0.2) is 38.8 Å². The summed E-state index contributed by atoms with van der Waals surface area (Å²) in [6.45, 7) is 1.38. The number of phenolic OH excluding ortho intramolecular Hbond substituents is 1. The molecule has 0 radical (unpaired) electrons. The van der Waals surface area contributed by atoms with E-state index in [4.69, 9.17) is 0 Å². The molecule has 6 nitrogen and oxygen atoms in total. The highest BCUT2D eigenvalue weighted by molar-refractivity contribution is 5.74. The highest BCUT2D eigenvalue weighted by atomic mass is 16.3. The Labute approximate surface area is 147 Å². The van der Waals surface area contributed by atoms with Crippen molar-refractivity contribution >= 4 is 6.03 Å². The summed E-state index contributed by atoms with van der Waals surface area (Å²) < 4.78 is 0. The molecule has 25 heavy (non-hydrogen) atoms. The van der Waals surface area contributed by atoms with Crippen LogP contribution in [0.3, 0.4) is 0 Å². The van der Waals surface area contributed by atoms with Gasteiger partial charge in [-0.05, 0) is 61.3 Å². The van der Waals surface area contributed by atoms with E-state index in [1.807, 2.05) is 23.2 Å². The number of aryl methyl sites for hydroxylation is 1. The summed E-state index contributed by atoms with van der Waals surface area (Å²) in [6.07, 6.45) is 7.00. The Bertz CT molecular complexity index is 736. The normalized spacial score (nSPS) is 19.3. The Kier molecular flexibility index (Phi) is 4.34. The molecule has 0 unspecified atom stereocenters. The van der Waals surface area contributed by atoms with E-state index in [1.54, 1.807) is 12.1 Å². The Morgan fingerprint density at radius 1 is 1.28 bits per heavy atom. The molecule has 2 aromatic rings. The van der Waals surface area contributed by atoms with Gasteiger partial charge in [-0.1, -0.05) is 12.1 Å². The van der Waals surface area contributed by atoms with Gasteiger partial charge in [0, 0.05) is 24.8 Å². The third-order valence-electron chi connectivity index (χ3n) is 5.12. The average molecular weight is 340 g/mol. The van der Waals surface area contributed by atoms with Crippen molar-refractivity contribution in [2.24, 2.45) is 5.92 Å². The second-order valence-electron chi connectivity index (χ2n) is 7.25. The standard InChI is InChI=1S/C19H24N4O2/c24-17-6-3-14(4-7-17)12-23(11-13-1-2-13)19(25)21-16-5-8-18-15(9-16)10-20-22-18/h3-4,6-7,10,13,16,24H,1-2,5,8-9,11-12H2,(H,20,22)(H,21,25)/t16-/m1/s1. The molecule has 1 fully saturated rings. The summed E-state index contributed by atoms with van der Waals surface area (Å²) >= 11 is 0. The van der Waals surface area contributed by atoms with Gasteiger partial charge in [0.2, 0.25) is 0 Å². The average Bonchev–Trinajstić information content (AvgIpc) is 3.30. The number of amides is 2. The first-order valence-electron chi connectivity index (χ1n) is 9.02. The number of hydrogen-bond donors (Lipinski definition) is 3. The number of aromatic hydroxyl groups is 1. The smallest absolute Gasteiger partial charge is 0.317 e. The number of aromatic nitrogens is 2. The number of nitrogens with one attached hydrogen (secondary N) is 2. The van der Waals surface area contributed by atoms with E-state index in [0.29, 0.717) is 12.5 Å². The second-order valence-corrected chi connectivity index (χ2v) is 7.25. The molecular formula is C19H24N4O2. The van der Waals surface area contributed by atoms with Gasteiger partial charge < -0.3 is 15.3 Å². The summed E-state index contributed by atoms with van der Waals surface area (Å²) in [6, 6.07) is 7.27. The molecule has 1 aromatic carbocycles. The van der Waals surface area contributed by atoms with Gasteiger partial charge in [-0.15, -0.1) is 0 Å². The van der Waals surface area contributed by atoms with E-state index >= 15 is 0 Å². The minimum absolute atomic E-state index is 0.0110. The number of H-pyrrole nitrogens is 1. The molecule has 2 aliphatic carbocycles. The minimum atomic E-state index is 0.0110. The number of carbonyl (C=O) groups is 1. The molecule has 1 heterocycles. The fourth-order valence-electron chi connectivity index (χ4n) is 3.46. The maximum absolute atomic E-state index is 12.8. The van der Waals surface area contributed by atoms with E-state index < -0.39 is 0 Å². The van der Waals surface area contributed by atoms with Gasteiger partial charge in [0.1, 0.15) is 5.75 Å². The molecule has 4 rings (SSSR count). The number of benzene rings is 1. The number of hydrogen-bond acceptors (Lipinski definition) is 3. The van der Waals surface area contributed by atoms with Gasteiger partial charge in [-0.2, -0.15) is 5.10 Å². The van der Waals surface area contributed by atoms with Crippen LogP contribution in [0.25, 0.3) is 0 Å². The van der Waals surface area contributed by atoms with Gasteiger partial charge in [0.15, 0.2) is 0 Å². The first-order chi connectivity index (χ1) is 12.2. The van der Waals surface area contributed by atoms with Gasteiger partial charge in [-0.3, -0.25) is 5.10 Å². The first kappa shape index (κ1) is 16.0. The summed E-state index contributed by atoms with van der Waals surface area (Å²) in [4.78, 5) is 14.7. The van der Waals surface area contributed by atoms with E-state index in [1.165, 1.54) is 24.1 Å². The second kappa shape index (κ2) is 6.78. The van der Waals surface area contributed by atoms with Crippen molar-refractivity contribution in [3.63, 3.8) is 0 Å². The molecule has 132 valence electrons. The Morgan fingerprint density at radius 3 is 2.84 bits per heavy atom. The summed E-state index contributed by atoms with van der Waals surface area (Å²) in [5.41, 5.74) is 3.45. The topological polar surface area (TPSA) is 81.2 Å². The molecule has 0 spiro atoms. The highest BCUT2D eigenvalue weighted by Gasteiger charge is 2.29. The summed E-state index contributed by atoms with van der Waals surface area (Å²) in [5, 5.41) is 19.8. The number of aromatic amines is 1. The van der Waals surface area contributed by atoms with Crippen LogP contribution in [0.2, 0.25) is 0 Å². The van der Waals surface area contributed by atoms with Crippen LogP contribution in [-0.2, 0) is 19.4 Å². The van der Waals surface area contributed by atoms with Crippen LogP contribution in [0.1, 0.15) is 36.1 Å². The Hall–Kier alpha value is -2.50. The van der Waals surface area contributed by atoms with Crippen LogP contribution in [0.4, 0.5) is 4.79 Å². The van der Waals surface area contributed by atoms with Gasteiger partial charge in [0.05, 0.1) is 6.20 Å². The lowest BCUT2D eigenvalue weighted by atomic mass is 9.94. The third-order valence-corrected chi connectivity index (χ3v) is 5.12. The molecule has 3 N–H and O–H groups in total. The highest BCUT2D eigenvalue weighted by Crippen LogP contribution is 2.30. The van der Waals surface area contributed by atoms with Crippen LogP contribution in [0, 0.1) is 5.92 Å². The molecule has 2 amide bonds. The number of phenols is 1. The molecule has 0 bridgehead atoms. The van der Waals surface area contributed by atoms with E-state index in [2.05, 4.69) is 15.5 Å². The quantitative estimate of drug-likeness (QED) is 0.782. The molecule has 0 saturated heterocycles. The van der Waals surface area contributed by atoms with Crippen molar-refractivity contribution in [1.29, 1.82) is 0 Å². The predicted molar refractivity (Wildman–Crippen MR) is 94.2 cm³/mol.